The highest BCUT2D eigenvalue weighted by Crippen LogP contribution is 2.26. The predicted molar refractivity (Wildman–Crippen MR) is 62.8 cm³/mol. The minimum atomic E-state index is -3.85. The van der Waals surface area contributed by atoms with Crippen molar-refractivity contribution in [1.82, 2.24) is 0 Å². The van der Waals surface area contributed by atoms with E-state index in [0.29, 0.717) is 0 Å². The molecule has 0 aliphatic heterocycles. The number of ether oxygens (including phenoxy) is 2. The lowest BCUT2D eigenvalue weighted by atomic mass is 10.1. The monoisotopic (exact) mass is 296 g/mol. The van der Waals surface area contributed by atoms with Crippen molar-refractivity contribution in [1.29, 1.82) is 0 Å². The second-order valence-corrected chi connectivity index (χ2v) is 6.11. The molecule has 0 heterocycles. The molecule has 0 saturated carbocycles. The van der Waals surface area contributed by atoms with E-state index in [0.717, 1.165) is 19.2 Å². The summed E-state index contributed by atoms with van der Waals surface area (Å²) in [6.07, 6.45) is 0. The van der Waals surface area contributed by atoms with Crippen molar-refractivity contribution in [2.24, 2.45) is 0 Å². The van der Waals surface area contributed by atoms with Crippen molar-refractivity contribution in [3.63, 3.8) is 0 Å². The normalized spacial score (nSPS) is 11.1. The minimum Gasteiger partial charge on any atom is -0.493 e. The Balaban J connectivity index is 3.34. The van der Waals surface area contributed by atoms with E-state index in [1.807, 2.05) is 0 Å². The van der Waals surface area contributed by atoms with Gasteiger partial charge in [-0.05, 0) is 17.7 Å². The van der Waals surface area contributed by atoms with Gasteiger partial charge in [0.15, 0.2) is 11.6 Å². The molecule has 0 fully saturated rings. The third-order valence-corrected chi connectivity index (χ3v) is 3.06. The molecule has 0 aromatic heterocycles. The molecule has 0 aliphatic carbocycles. The molecule has 1 aromatic carbocycles. The van der Waals surface area contributed by atoms with Gasteiger partial charge in [-0.25, -0.2) is 17.6 Å². The van der Waals surface area contributed by atoms with E-state index in [4.69, 9.17) is 15.4 Å². The molecule has 100 valence electrons. The van der Waals surface area contributed by atoms with E-state index in [9.17, 15) is 17.6 Å². The van der Waals surface area contributed by atoms with Gasteiger partial charge >= 0.3 is 5.97 Å². The second-order valence-electron chi connectivity index (χ2n) is 3.33. The highest BCUT2D eigenvalue weighted by molar-refractivity contribution is 8.13. The van der Waals surface area contributed by atoms with Crippen molar-refractivity contribution in [2.75, 3.05) is 14.2 Å². The highest BCUT2D eigenvalue weighted by atomic mass is 35.7. The lowest BCUT2D eigenvalue weighted by molar-refractivity contribution is 0.0596. The SMILES string of the molecule is COC(=O)c1cc(CS(=O)(=O)Cl)cc(F)c1OC. The summed E-state index contributed by atoms with van der Waals surface area (Å²) >= 11 is 0. The topological polar surface area (TPSA) is 69.7 Å². The van der Waals surface area contributed by atoms with Gasteiger partial charge in [0.05, 0.1) is 20.0 Å². The molecule has 0 N–H and O–H groups in total. The van der Waals surface area contributed by atoms with Crippen molar-refractivity contribution in [2.45, 2.75) is 5.75 Å². The van der Waals surface area contributed by atoms with Crippen molar-refractivity contribution >= 4 is 25.7 Å². The van der Waals surface area contributed by atoms with Crippen LogP contribution >= 0.6 is 10.7 Å². The molecule has 0 bridgehead atoms. The first-order chi connectivity index (χ1) is 8.28. The fourth-order valence-electron chi connectivity index (χ4n) is 1.40. The first-order valence-electron chi connectivity index (χ1n) is 4.65. The van der Waals surface area contributed by atoms with Crippen LogP contribution in [0, 0.1) is 5.82 Å². The van der Waals surface area contributed by atoms with E-state index < -0.39 is 26.6 Å². The number of esters is 1. The summed E-state index contributed by atoms with van der Waals surface area (Å²) in [5.74, 6) is -2.60. The van der Waals surface area contributed by atoms with Gasteiger partial charge in [-0.3, -0.25) is 0 Å². The third-order valence-electron chi connectivity index (χ3n) is 2.05. The lowest BCUT2D eigenvalue weighted by Gasteiger charge is -2.09. The highest BCUT2D eigenvalue weighted by Gasteiger charge is 2.20. The summed E-state index contributed by atoms with van der Waals surface area (Å²) in [6, 6.07) is 2.10. The minimum absolute atomic E-state index is 0.0312. The summed E-state index contributed by atoms with van der Waals surface area (Å²) in [7, 11) is 3.51. The Morgan fingerprint density at radius 3 is 2.44 bits per heavy atom. The van der Waals surface area contributed by atoms with Crippen molar-refractivity contribution < 1.29 is 27.1 Å². The Morgan fingerprint density at radius 2 is 2.00 bits per heavy atom. The number of halogens is 2. The number of rotatable bonds is 4. The Hall–Kier alpha value is -1.34. The number of benzene rings is 1. The Kier molecular flexibility index (Phi) is 4.53. The number of carbonyl (C=O) groups excluding carboxylic acids is 1. The molecule has 1 aromatic rings. The van der Waals surface area contributed by atoms with Gasteiger partial charge in [0.1, 0.15) is 5.56 Å². The summed E-state index contributed by atoms with van der Waals surface area (Å²) in [5, 5.41) is 0. The maximum atomic E-state index is 13.6. The molecule has 0 atom stereocenters. The van der Waals surface area contributed by atoms with E-state index in [1.54, 1.807) is 0 Å². The number of hydrogen-bond donors (Lipinski definition) is 0. The molecule has 8 heteroatoms. The van der Waals surface area contributed by atoms with E-state index in [2.05, 4.69) is 4.74 Å². The molecule has 1 rings (SSSR count). The van der Waals surface area contributed by atoms with Crippen LogP contribution in [0.1, 0.15) is 15.9 Å². The third kappa shape index (κ3) is 3.58. The average Bonchev–Trinajstić information content (AvgIpc) is 2.25. The van der Waals surface area contributed by atoms with E-state index >= 15 is 0 Å². The largest absolute Gasteiger partial charge is 0.493 e. The maximum absolute atomic E-state index is 13.6. The van der Waals surface area contributed by atoms with E-state index in [-0.39, 0.29) is 16.9 Å². The van der Waals surface area contributed by atoms with Crippen LogP contribution < -0.4 is 4.74 Å². The van der Waals surface area contributed by atoms with Crippen molar-refractivity contribution in [3.8, 4) is 5.75 Å². The van der Waals surface area contributed by atoms with Gasteiger partial charge in [-0.1, -0.05) is 0 Å². The first-order valence-corrected chi connectivity index (χ1v) is 7.13. The zero-order valence-electron chi connectivity index (χ0n) is 9.57. The zero-order chi connectivity index (χ0) is 13.9. The average molecular weight is 297 g/mol. The quantitative estimate of drug-likeness (QED) is 0.624. The molecular weight excluding hydrogens is 287 g/mol. The molecule has 0 amide bonds. The number of carbonyl (C=O) groups is 1. The molecule has 0 aliphatic rings. The van der Waals surface area contributed by atoms with Crippen LogP contribution in [0.25, 0.3) is 0 Å². The molecule has 0 unspecified atom stereocenters. The van der Waals surface area contributed by atoms with Crippen molar-refractivity contribution in [3.05, 3.63) is 29.1 Å². The van der Waals surface area contributed by atoms with Crippen LogP contribution in [-0.2, 0) is 19.5 Å². The van der Waals surface area contributed by atoms with Crippen LogP contribution in [0.2, 0.25) is 0 Å². The van der Waals surface area contributed by atoms with Crippen LogP contribution in [0.3, 0.4) is 0 Å². The number of methoxy groups -OCH3 is 2. The van der Waals surface area contributed by atoms with Gasteiger partial charge in [-0.2, -0.15) is 0 Å². The molecule has 0 radical (unpaired) electrons. The Labute approximate surface area is 108 Å². The molecule has 0 saturated heterocycles. The van der Waals surface area contributed by atoms with Crippen LogP contribution in [0.15, 0.2) is 12.1 Å². The van der Waals surface area contributed by atoms with Gasteiger partial charge in [0.25, 0.3) is 0 Å². The zero-order valence-corrected chi connectivity index (χ0v) is 11.1. The maximum Gasteiger partial charge on any atom is 0.341 e. The molecule has 0 spiro atoms. The number of hydrogen-bond acceptors (Lipinski definition) is 5. The predicted octanol–water partition coefficient (Wildman–Crippen LogP) is 1.69. The van der Waals surface area contributed by atoms with Gasteiger partial charge in [0.2, 0.25) is 9.05 Å². The van der Waals surface area contributed by atoms with Crippen LogP contribution in [0.4, 0.5) is 4.39 Å². The smallest absolute Gasteiger partial charge is 0.341 e. The fraction of sp³-hybridized carbons (Fsp3) is 0.300. The van der Waals surface area contributed by atoms with Crippen LogP contribution in [-0.4, -0.2) is 28.6 Å². The Morgan fingerprint density at radius 1 is 1.39 bits per heavy atom. The molecular formula is C10H10ClFO5S. The fourth-order valence-corrected chi connectivity index (χ4v) is 2.34. The van der Waals surface area contributed by atoms with Gasteiger partial charge in [-0.15, -0.1) is 0 Å². The summed E-state index contributed by atoms with van der Waals surface area (Å²) in [4.78, 5) is 11.4. The molecule has 5 nitrogen and oxygen atoms in total. The van der Waals surface area contributed by atoms with Gasteiger partial charge in [0, 0.05) is 10.7 Å². The standard InChI is InChI=1S/C10H10ClFO5S/c1-16-9-7(10(13)17-2)3-6(4-8(9)12)5-18(11,14)15/h3-4H,5H2,1-2H3. The van der Waals surface area contributed by atoms with Gasteiger partial charge < -0.3 is 9.47 Å². The summed E-state index contributed by atoms with van der Waals surface area (Å²) in [6.45, 7) is 0. The molecule has 18 heavy (non-hydrogen) atoms. The summed E-state index contributed by atoms with van der Waals surface area (Å²) < 4.78 is 44.6. The first kappa shape index (κ1) is 14.7. The van der Waals surface area contributed by atoms with E-state index in [1.165, 1.54) is 7.11 Å². The lowest BCUT2D eigenvalue weighted by Crippen LogP contribution is -2.08. The summed E-state index contributed by atoms with van der Waals surface area (Å²) in [5.41, 5.74) is -0.168. The Bertz CT molecular complexity index is 570. The second kappa shape index (κ2) is 5.53. The van der Waals surface area contributed by atoms with Crippen LogP contribution in [0.5, 0.6) is 5.75 Å².